The van der Waals surface area contributed by atoms with Crippen molar-refractivity contribution in [2.45, 2.75) is 12.6 Å². The van der Waals surface area contributed by atoms with Gasteiger partial charge in [0.25, 0.3) is 5.91 Å². The number of carbonyl (C=O) groups is 2. The Hall–Kier alpha value is -2.90. The minimum Gasteiger partial charge on any atom is -0.354 e. The van der Waals surface area contributed by atoms with Crippen LogP contribution in [0.1, 0.15) is 21.5 Å². The van der Waals surface area contributed by atoms with Crippen LogP contribution < -0.4 is 10.6 Å². The van der Waals surface area contributed by atoms with Crippen LogP contribution in [0.15, 0.2) is 48.5 Å². The molecule has 2 aromatic carbocycles. The van der Waals surface area contributed by atoms with Gasteiger partial charge in [-0.15, -0.1) is 0 Å². The second-order valence-corrected chi connectivity index (χ2v) is 5.49. The highest BCUT2D eigenvalue weighted by Crippen LogP contribution is 2.29. The number of rotatable bonds is 6. The number of amides is 2. The van der Waals surface area contributed by atoms with Gasteiger partial charge in [0.2, 0.25) is 5.91 Å². The Bertz CT molecular complexity index is 774. The Labute approximate surface area is 147 Å². The molecule has 0 aliphatic carbocycles. The van der Waals surface area contributed by atoms with E-state index in [0.29, 0.717) is 5.56 Å². The highest BCUT2D eigenvalue weighted by Gasteiger charge is 2.30. The second kappa shape index (κ2) is 8.46. The fourth-order valence-corrected chi connectivity index (χ4v) is 2.19. The van der Waals surface area contributed by atoms with Crippen molar-refractivity contribution < 1.29 is 27.2 Å². The third-order valence-corrected chi connectivity index (χ3v) is 3.46. The molecule has 138 valence electrons. The number of hydrogen-bond acceptors (Lipinski definition) is 2. The first-order chi connectivity index (χ1) is 12.3. The fraction of sp³-hybridized carbons (Fsp3) is 0.222. The van der Waals surface area contributed by atoms with E-state index in [0.717, 1.165) is 24.3 Å². The molecule has 0 saturated carbocycles. The molecule has 8 heteroatoms. The van der Waals surface area contributed by atoms with E-state index in [9.17, 15) is 27.2 Å². The zero-order valence-corrected chi connectivity index (χ0v) is 13.6. The van der Waals surface area contributed by atoms with Crippen molar-refractivity contribution in [1.29, 1.82) is 0 Å². The lowest BCUT2D eigenvalue weighted by molar-refractivity contribution is -0.137. The first-order valence-corrected chi connectivity index (χ1v) is 7.72. The number of hydrogen-bond donors (Lipinski definition) is 2. The molecule has 0 unspecified atom stereocenters. The quantitative estimate of drug-likeness (QED) is 0.609. The molecule has 0 bridgehead atoms. The van der Waals surface area contributed by atoms with E-state index >= 15 is 0 Å². The van der Waals surface area contributed by atoms with Gasteiger partial charge < -0.3 is 10.6 Å². The van der Waals surface area contributed by atoms with E-state index in [2.05, 4.69) is 10.6 Å². The van der Waals surface area contributed by atoms with Gasteiger partial charge in [0.1, 0.15) is 5.82 Å². The molecule has 0 atom stereocenters. The molecule has 0 spiro atoms. The lowest BCUT2D eigenvalue weighted by Crippen LogP contribution is -2.35. The third-order valence-electron chi connectivity index (χ3n) is 3.46. The van der Waals surface area contributed by atoms with Crippen molar-refractivity contribution in [3.8, 4) is 0 Å². The van der Waals surface area contributed by atoms with Gasteiger partial charge in [-0.05, 0) is 42.0 Å². The van der Waals surface area contributed by atoms with Crippen molar-refractivity contribution in [2.75, 3.05) is 13.1 Å². The molecule has 4 nitrogen and oxygen atoms in total. The number of halogens is 4. The fourth-order valence-electron chi connectivity index (χ4n) is 2.19. The van der Waals surface area contributed by atoms with Crippen LogP contribution in [0.3, 0.4) is 0 Å². The van der Waals surface area contributed by atoms with Gasteiger partial charge in [0, 0.05) is 18.7 Å². The van der Waals surface area contributed by atoms with Gasteiger partial charge in [0.05, 0.1) is 12.0 Å². The minimum atomic E-state index is -4.46. The van der Waals surface area contributed by atoms with Gasteiger partial charge in [0.15, 0.2) is 0 Å². The van der Waals surface area contributed by atoms with Gasteiger partial charge >= 0.3 is 6.18 Å². The summed E-state index contributed by atoms with van der Waals surface area (Å²) >= 11 is 0. The van der Waals surface area contributed by atoms with Gasteiger partial charge in [-0.1, -0.05) is 12.1 Å². The lowest BCUT2D eigenvalue weighted by atomic mass is 10.1. The summed E-state index contributed by atoms with van der Waals surface area (Å²) < 4.78 is 50.4. The number of nitrogens with one attached hydrogen (secondary N) is 2. The molecule has 2 amide bonds. The van der Waals surface area contributed by atoms with E-state index in [4.69, 9.17) is 0 Å². The predicted octanol–water partition coefficient (Wildman–Crippen LogP) is 2.93. The van der Waals surface area contributed by atoms with E-state index in [-0.39, 0.29) is 31.0 Å². The molecule has 2 N–H and O–H groups in total. The summed E-state index contributed by atoms with van der Waals surface area (Å²) in [7, 11) is 0. The average molecular weight is 368 g/mol. The zero-order chi connectivity index (χ0) is 19.2. The topological polar surface area (TPSA) is 58.2 Å². The smallest absolute Gasteiger partial charge is 0.354 e. The summed E-state index contributed by atoms with van der Waals surface area (Å²) in [6, 6.07) is 9.48. The molecule has 0 aliphatic heterocycles. The van der Waals surface area contributed by atoms with Crippen LogP contribution in [-0.4, -0.2) is 24.9 Å². The maximum atomic E-state index is 13.0. The van der Waals surface area contributed by atoms with Gasteiger partial charge in [-0.2, -0.15) is 13.2 Å². The maximum absolute atomic E-state index is 13.0. The van der Waals surface area contributed by atoms with Crippen molar-refractivity contribution >= 4 is 11.8 Å². The first kappa shape index (κ1) is 19.4. The predicted molar refractivity (Wildman–Crippen MR) is 86.9 cm³/mol. The molecule has 0 heterocycles. The first-order valence-electron chi connectivity index (χ1n) is 7.72. The molecule has 2 aromatic rings. The molecule has 0 fully saturated rings. The summed E-state index contributed by atoms with van der Waals surface area (Å²) in [4.78, 5) is 23.5. The summed E-state index contributed by atoms with van der Waals surface area (Å²) in [5.74, 6) is -1.31. The molecule has 2 rings (SSSR count). The van der Waals surface area contributed by atoms with Crippen molar-refractivity contribution in [3.05, 3.63) is 71.0 Å². The third kappa shape index (κ3) is 5.87. The Morgan fingerprint density at radius 2 is 1.58 bits per heavy atom. The van der Waals surface area contributed by atoms with E-state index in [1.165, 1.54) is 18.2 Å². The monoisotopic (exact) mass is 368 g/mol. The summed E-state index contributed by atoms with van der Waals surface area (Å²) in [5, 5.41) is 5.05. The van der Waals surface area contributed by atoms with Crippen LogP contribution in [0.4, 0.5) is 17.6 Å². The standard InChI is InChI=1S/C18H16F4N2O2/c19-15-3-1-2-12(10-15)11-16(25)23-8-9-24-17(26)13-4-6-14(7-5-13)18(20,21)22/h1-7,10H,8-9,11H2,(H,23,25)(H,24,26). The SMILES string of the molecule is O=C(Cc1cccc(F)c1)NCCNC(=O)c1ccc(C(F)(F)F)cc1. The van der Waals surface area contributed by atoms with Crippen molar-refractivity contribution in [2.24, 2.45) is 0 Å². The summed E-state index contributed by atoms with van der Waals surface area (Å²) in [5.41, 5.74) is -0.223. The van der Waals surface area contributed by atoms with Crippen LogP contribution in [0.5, 0.6) is 0 Å². The summed E-state index contributed by atoms with van der Waals surface area (Å²) in [6.07, 6.45) is -4.45. The molecule has 0 aliphatic rings. The van der Waals surface area contributed by atoms with Crippen LogP contribution in [0.2, 0.25) is 0 Å². The molecular formula is C18H16F4N2O2. The number of benzene rings is 2. The molecular weight excluding hydrogens is 352 g/mol. The summed E-state index contributed by atoms with van der Waals surface area (Å²) in [6.45, 7) is 0.245. The lowest BCUT2D eigenvalue weighted by Gasteiger charge is -2.09. The molecule has 0 saturated heterocycles. The van der Waals surface area contributed by atoms with E-state index in [1.807, 2.05) is 0 Å². The highest BCUT2D eigenvalue weighted by molar-refractivity contribution is 5.94. The second-order valence-electron chi connectivity index (χ2n) is 5.49. The van der Waals surface area contributed by atoms with Crippen LogP contribution in [-0.2, 0) is 17.4 Å². The molecule has 0 aromatic heterocycles. The molecule has 26 heavy (non-hydrogen) atoms. The Morgan fingerprint density at radius 3 is 2.19 bits per heavy atom. The van der Waals surface area contributed by atoms with E-state index < -0.39 is 23.5 Å². The van der Waals surface area contributed by atoms with Crippen molar-refractivity contribution in [1.82, 2.24) is 10.6 Å². The number of carbonyl (C=O) groups excluding carboxylic acids is 2. The zero-order valence-electron chi connectivity index (χ0n) is 13.6. The Balaban J connectivity index is 1.73. The van der Waals surface area contributed by atoms with Crippen LogP contribution in [0.25, 0.3) is 0 Å². The van der Waals surface area contributed by atoms with E-state index in [1.54, 1.807) is 6.07 Å². The normalized spacial score (nSPS) is 11.1. The Kier molecular flexibility index (Phi) is 6.32. The largest absolute Gasteiger partial charge is 0.416 e. The van der Waals surface area contributed by atoms with Gasteiger partial charge in [-0.3, -0.25) is 9.59 Å². The molecule has 0 radical (unpaired) electrons. The maximum Gasteiger partial charge on any atom is 0.416 e. The van der Waals surface area contributed by atoms with Crippen molar-refractivity contribution in [3.63, 3.8) is 0 Å². The van der Waals surface area contributed by atoms with Crippen LogP contribution >= 0.6 is 0 Å². The van der Waals surface area contributed by atoms with Crippen LogP contribution in [0, 0.1) is 5.82 Å². The average Bonchev–Trinajstić information content (AvgIpc) is 2.58. The van der Waals surface area contributed by atoms with Gasteiger partial charge in [-0.25, -0.2) is 4.39 Å². The minimum absolute atomic E-state index is 0.00457. The number of alkyl halides is 3. The Morgan fingerprint density at radius 1 is 0.923 bits per heavy atom. The highest BCUT2D eigenvalue weighted by atomic mass is 19.4.